The van der Waals surface area contributed by atoms with E-state index < -0.39 is 5.60 Å². The molecule has 0 radical (unpaired) electrons. The van der Waals surface area contributed by atoms with Gasteiger partial charge in [0.1, 0.15) is 0 Å². The molecular weight excluding hydrogens is 178 g/mol. The Morgan fingerprint density at radius 1 is 1.00 bits per heavy atom. The number of hydrogen-bond donors (Lipinski definition) is 3. The second-order valence-corrected chi connectivity index (χ2v) is 4.50. The van der Waals surface area contributed by atoms with E-state index in [0.717, 1.165) is 58.7 Å². The predicted molar refractivity (Wildman–Crippen MR) is 56.4 cm³/mol. The summed E-state index contributed by atoms with van der Waals surface area (Å²) in [5, 5.41) is 16.9. The van der Waals surface area contributed by atoms with E-state index in [1.807, 2.05) is 0 Å². The van der Waals surface area contributed by atoms with Gasteiger partial charge in [0.05, 0.1) is 5.60 Å². The van der Waals surface area contributed by atoms with Gasteiger partial charge >= 0.3 is 0 Å². The summed E-state index contributed by atoms with van der Waals surface area (Å²) in [6.07, 6.45) is 1.80. The van der Waals surface area contributed by atoms with Crippen LogP contribution in [0.4, 0.5) is 0 Å². The third-order valence-electron chi connectivity index (χ3n) is 3.26. The molecular formula is C10H21N3O. The van der Waals surface area contributed by atoms with Gasteiger partial charge in [-0.3, -0.25) is 4.90 Å². The van der Waals surface area contributed by atoms with E-state index in [4.69, 9.17) is 0 Å². The summed E-state index contributed by atoms with van der Waals surface area (Å²) in [5.41, 5.74) is -0.428. The average molecular weight is 199 g/mol. The largest absolute Gasteiger partial charge is 0.388 e. The minimum Gasteiger partial charge on any atom is -0.388 e. The van der Waals surface area contributed by atoms with Gasteiger partial charge in [0, 0.05) is 32.7 Å². The van der Waals surface area contributed by atoms with E-state index in [2.05, 4.69) is 15.5 Å². The summed E-state index contributed by atoms with van der Waals surface area (Å²) in [6.45, 7) is 7.07. The van der Waals surface area contributed by atoms with Crippen molar-refractivity contribution in [2.75, 3.05) is 45.8 Å². The van der Waals surface area contributed by atoms with Gasteiger partial charge in [-0.2, -0.15) is 0 Å². The van der Waals surface area contributed by atoms with Crippen molar-refractivity contribution in [3.05, 3.63) is 0 Å². The zero-order valence-electron chi connectivity index (χ0n) is 8.76. The van der Waals surface area contributed by atoms with E-state index in [-0.39, 0.29) is 0 Å². The van der Waals surface area contributed by atoms with Crippen molar-refractivity contribution < 1.29 is 5.11 Å². The van der Waals surface area contributed by atoms with E-state index in [1.165, 1.54) is 0 Å². The number of hydrogen-bond acceptors (Lipinski definition) is 4. The lowest BCUT2D eigenvalue weighted by Crippen LogP contribution is -2.53. The Kier molecular flexibility index (Phi) is 3.38. The molecule has 0 spiro atoms. The first-order chi connectivity index (χ1) is 6.79. The van der Waals surface area contributed by atoms with Gasteiger partial charge in [-0.05, 0) is 25.9 Å². The number of nitrogens with zero attached hydrogens (tertiary/aromatic N) is 1. The third-order valence-corrected chi connectivity index (χ3v) is 3.26. The Balaban J connectivity index is 1.81. The highest BCUT2D eigenvalue weighted by molar-refractivity contribution is 4.88. The van der Waals surface area contributed by atoms with Crippen molar-refractivity contribution in [1.82, 2.24) is 15.5 Å². The monoisotopic (exact) mass is 199 g/mol. The molecule has 0 aliphatic carbocycles. The van der Waals surface area contributed by atoms with Crippen molar-refractivity contribution in [1.29, 1.82) is 0 Å². The summed E-state index contributed by atoms with van der Waals surface area (Å²) in [6, 6.07) is 0. The lowest BCUT2D eigenvalue weighted by molar-refractivity contribution is -0.0230. The van der Waals surface area contributed by atoms with Gasteiger partial charge in [0.15, 0.2) is 0 Å². The zero-order chi connectivity index (χ0) is 9.86. The van der Waals surface area contributed by atoms with Crippen molar-refractivity contribution in [3.63, 3.8) is 0 Å². The molecule has 0 amide bonds. The van der Waals surface area contributed by atoms with E-state index in [9.17, 15) is 5.11 Å². The van der Waals surface area contributed by atoms with Crippen LogP contribution >= 0.6 is 0 Å². The van der Waals surface area contributed by atoms with Gasteiger partial charge in [0.25, 0.3) is 0 Å². The van der Waals surface area contributed by atoms with Crippen LogP contribution in [0, 0.1) is 0 Å². The minimum absolute atomic E-state index is 0.428. The zero-order valence-corrected chi connectivity index (χ0v) is 8.76. The topological polar surface area (TPSA) is 47.5 Å². The van der Waals surface area contributed by atoms with Crippen LogP contribution in [0.1, 0.15) is 12.8 Å². The number of β-amino-alcohol motifs (C(OH)–C–C–N with tert-alkyl or cyclic N) is 1. The lowest BCUT2D eigenvalue weighted by Gasteiger charge is -2.38. The standard InChI is InChI=1S/C10H21N3O/c14-10(1-3-11-4-2-10)9-13-7-5-12-6-8-13/h11-12,14H,1-9H2. The van der Waals surface area contributed by atoms with Crippen LogP contribution in [0.15, 0.2) is 0 Å². The molecule has 2 rings (SSSR count). The Morgan fingerprint density at radius 3 is 2.21 bits per heavy atom. The van der Waals surface area contributed by atoms with Crippen LogP contribution in [0.2, 0.25) is 0 Å². The van der Waals surface area contributed by atoms with Gasteiger partial charge in [-0.15, -0.1) is 0 Å². The van der Waals surface area contributed by atoms with Crippen LogP contribution in [0.5, 0.6) is 0 Å². The highest BCUT2D eigenvalue weighted by Crippen LogP contribution is 2.19. The normalized spacial score (nSPS) is 28.9. The molecule has 0 aromatic heterocycles. The summed E-state index contributed by atoms with van der Waals surface area (Å²) < 4.78 is 0. The molecule has 3 N–H and O–H groups in total. The molecule has 2 saturated heterocycles. The van der Waals surface area contributed by atoms with E-state index in [1.54, 1.807) is 0 Å². The molecule has 0 saturated carbocycles. The first kappa shape index (κ1) is 10.4. The molecule has 2 heterocycles. The van der Waals surface area contributed by atoms with Crippen molar-refractivity contribution in [2.24, 2.45) is 0 Å². The van der Waals surface area contributed by atoms with E-state index in [0.29, 0.717) is 0 Å². The van der Waals surface area contributed by atoms with Gasteiger partial charge < -0.3 is 15.7 Å². The Morgan fingerprint density at radius 2 is 1.57 bits per heavy atom. The molecule has 4 heteroatoms. The summed E-state index contributed by atoms with van der Waals surface area (Å²) in [5.74, 6) is 0. The number of piperazine rings is 1. The van der Waals surface area contributed by atoms with Crippen LogP contribution in [-0.2, 0) is 0 Å². The molecule has 2 aliphatic heterocycles. The highest BCUT2D eigenvalue weighted by atomic mass is 16.3. The van der Waals surface area contributed by atoms with Crippen LogP contribution in [-0.4, -0.2) is 61.4 Å². The number of nitrogens with one attached hydrogen (secondary N) is 2. The van der Waals surface area contributed by atoms with Gasteiger partial charge in [0.2, 0.25) is 0 Å². The maximum absolute atomic E-state index is 10.3. The lowest BCUT2D eigenvalue weighted by atomic mass is 9.92. The SMILES string of the molecule is OC1(CN2CCNCC2)CCNCC1. The quantitative estimate of drug-likeness (QED) is 0.534. The van der Waals surface area contributed by atoms with Crippen LogP contribution < -0.4 is 10.6 Å². The van der Waals surface area contributed by atoms with E-state index >= 15 is 0 Å². The van der Waals surface area contributed by atoms with Crippen molar-refractivity contribution in [2.45, 2.75) is 18.4 Å². The maximum atomic E-state index is 10.3. The smallest absolute Gasteiger partial charge is 0.0798 e. The Labute approximate surface area is 85.7 Å². The molecule has 0 atom stereocenters. The molecule has 0 aromatic carbocycles. The molecule has 0 unspecified atom stereocenters. The maximum Gasteiger partial charge on any atom is 0.0798 e. The van der Waals surface area contributed by atoms with Crippen molar-refractivity contribution >= 4 is 0 Å². The molecule has 14 heavy (non-hydrogen) atoms. The predicted octanol–water partition coefficient (Wildman–Crippen LogP) is -0.994. The fourth-order valence-corrected chi connectivity index (χ4v) is 2.34. The third kappa shape index (κ3) is 2.67. The van der Waals surface area contributed by atoms with Crippen LogP contribution in [0.3, 0.4) is 0 Å². The number of rotatable bonds is 2. The number of aliphatic hydroxyl groups is 1. The fourth-order valence-electron chi connectivity index (χ4n) is 2.34. The molecule has 0 aromatic rings. The molecule has 0 bridgehead atoms. The first-order valence-corrected chi connectivity index (χ1v) is 5.65. The fraction of sp³-hybridized carbons (Fsp3) is 1.00. The summed E-state index contributed by atoms with van der Waals surface area (Å²) in [7, 11) is 0. The molecule has 4 nitrogen and oxygen atoms in total. The minimum atomic E-state index is -0.428. The number of piperidine rings is 1. The van der Waals surface area contributed by atoms with Crippen molar-refractivity contribution in [3.8, 4) is 0 Å². The molecule has 2 aliphatic rings. The second-order valence-electron chi connectivity index (χ2n) is 4.50. The highest BCUT2D eigenvalue weighted by Gasteiger charge is 2.31. The van der Waals surface area contributed by atoms with Gasteiger partial charge in [-0.1, -0.05) is 0 Å². The average Bonchev–Trinajstić information content (AvgIpc) is 2.19. The summed E-state index contributed by atoms with van der Waals surface area (Å²) in [4.78, 5) is 2.38. The van der Waals surface area contributed by atoms with Crippen LogP contribution in [0.25, 0.3) is 0 Å². The van der Waals surface area contributed by atoms with Gasteiger partial charge in [-0.25, -0.2) is 0 Å². The Bertz CT molecular complexity index is 174. The molecule has 82 valence electrons. The Hall–Kier alpha value is -0.160. The summed E-state index contributed by atoms with van der Waals surface area (Å²) >= 11 is 0. The molecule has 2 fully saturated rings. The second kappa shape index (κ2) is 4.57. The first-order valence-electron chi connectivity index (χ1n) is 5.65.